The molecule has 1 aromatic heterocycles. The van der Waals surface area contributed by atoms with Crippen molar-refractivity contribution in [1.29, 1.82) is 0 Å². The molecule has 0 fully saturated rings. The van der Waals surface area contributed by atoms with Crippen molar-refractivity contribution in [2.45, 2.75) is 39.8 Å². The van der Waals surface area contributed by atoms with Crippen LogP contribution in [0.25, 0.3) is 11.3 Å². The molecule has 0 saturated carbocycles. The lowest BCUT2D eigenvalue weighted by Crippen LogP contribution is -2.29. The fourth-order valence-corrected chi connectivity index (χ4v) is 2.25. The summed E-state index contributed by atoms with van der Waals surface area (Å²) < 4.78 is 14.6. The first kappa shape index (κ1) is 16.4. The van der Waals surface area contributed by atoms with E-state index in [4.69, 9.17) is 0 Å². The van der Waals surface area contributed by atoms with E-state index in [1.165, 1.54) is 16.8 Å². The number of aromatic nitrogens is 2. The van der Waals surface area contributed by atoms with Gasteiger partial charge in [-0.05, 0) is 49.7 Å². The zero-order valence-electron chi connectivity index (χ0n) is 13.1. The second-order valence-corrected chi connectivity index (χ2v) is 5.27. The van der Waals surface area contributed by atoms with E-state index in [1.54, 1.807) is 18.2 Å². The lowest BCUT2D eigenvalue weighted by Gasteiger charge is -2.11. The maximum absolute atomic E-state index is 13.1. The van der Waals surface area contributed by atoms with Gasteiger partial charge < -0.3 is 5.32 Å². The first-order chi connectivity index (χ1) is 10.7. The van der Waals surface area contributed by atoms with Crippen LogP contribution in [0, 0.1) is 5.82 Å². The average molecular weight is 303 g/mol. The SMILES string of the molecule is CCCNCc1cc(-c2ccc(F)cc2)nn(CCC)c1=O. The van der Waals surface area contributed by atoms with Crippen LogP contribution in [0.15, 0.2) is 35.1 Å². The quantitative estimate of drug-likeness (QED) is 0.800. The third-order valence-corrected chi connectivity index (χ3v) is 3.37. The van der Waals surface area contributed by atoms with Crippen molar-refractivity contribution >= 4 is 0 Å². The first-order valence-electron chi connectivity index (χ1n) is 7.73. The van der Waals surface area contributed by atoms with Crippen LogP contribution in [0.5, 0.6) is 0 Å². The number of halogens is 1. The van der Waals surface area contributed by atoms with Gasteiger partial charge >= 0.3 is 0 Å². The van der Waals surface area contributed by atoms with Gasteiger partial charge in [0.1, 0.15) is 5.82 Å². The average Bonchev–Trinajstić information content (AvgIpc) is 2.52. The molecule has 0 radical (unpaired) electrons. The number of benzene rings is 1. The Balaban J connectivity index is 2.40. The van der Waals surface area contributed by atoms with Crippen LogP contribution >= 0.6 is 0 Å². The predicted molar refractivity (Wildman–Crippen MR) is 86.2 cm³/mol. The summed E-state index contributed by atoms with van der Waals surface area (Å²) in [6.45, 7) is 6.05. The van der Waals surface area contributed by atoms with Crippen molar-refractivity contribution in [1.82, 2.24) is 15.1 Å². The predicted octanol–water partition coefficient (Wildman–Crippen LogP) is 2.96. The smallest absolute Gasteiger partial charge is 0.271 e. The first-order valence-corrected chi connectivity index (χ1v) is 7.73. The van der Waals surface area contributed by atoms with Crippen molar-refractivity contribution in [3.63, 3.8) is 0 Å². The molecule has 2 aromatic rings. The Labute approximate surface area is 130 Å². The van der Waals surface area contributed by atoms with Crippen LogP contribution in [0.4, 0.5) is 4.39 Å². The van der Waals surface area contributed by atoms with E-state index in [2.05, 4.69) is 17.3 Å². The van der Waals surface area contributed by atoms with Crippen molar-refractivity contribution < 1.29 is 4.39 Å². The molecular formula is C17H22FN3O. The number of nitrogens with zero attached hydrogens (tertiary/aromatic N) is 2. The van der Waals surface area contributed by atoms with Crippen molar-refractivity contribution in [2.24, 2.45) is 0 Å². The minimum Gasteiger partial charge on any atom is -0.312 e. The largest absolute Gasteiger partial charge is 0.312 e. The van der Waals surface area contributed by atoms with Gasteiger partial charge in [-0.3, -0.25) is 4.79 Å². The molecule has 1 aromatic carbocycles. The molecule has 0 aliphatic heterocycles. The van der Waals surface area contributed by atoms with E-state index in [1.807, 2.05) is 6.92 Å². The topological polar surface area (TPSA) is 46.9 Å². The zero-order chi connectivity index (χ0) is 15.9. The van der Waals surface area contributed by atoms with Crippen LogP contribution in [-0.4, -0.2) is 16.3 Å². The Bertz CT molecular complexity index is 665. The van der Waals surface area contributed by atoms with Crippen LogP contribution in [-0.2, 0) is 13.1 Å². The molecule has 0 amide bonds. The highest BCUT2D eigenvalue weighted by atomic mass is 19.1. The number of nitrogens with one attached hydrogen (secondary N) is 1. The zero-order valence-corrected chi connectivity index (χ0v) is 13.1. The van der Waals surface area contributed by atoms with Gasteiger partial charge in [0.05, 0.1) is 5.69 Å². The van der Waals surface area contributed by atoms with Gasteiger partial charge in [0, 0.05) is 24.2 Å². The molecule has 2 rings (SSSR count). The molecule has 22 heavy (non-hydrogen) atoms. The fourth-order valence-electron chi connectivity index (χ4n) is 2.25. The summed E-state index contributed by atoms with van der Waals surface area (Å²) in [6, 6.07) is 7.97. The lowest BCUT2D eigenvalue weighted by atomic mass is 10.1. The third kappa shape index (κ3) is 4.01. The summed E-state index contributed by atoms with van der Waals surface area (Å²) >= 11 is 0. The summed E-state index contributed by atoms with van der Waals surface area (Å²) in [7, 11) is 0. The minimum absolute atomic E-state index is 0.0590. The molecule has 0 saturated heterocycles. The minimum atomic E-state index is -0.282. The summed E-state index contributed by atoms with van der Waals surface area (Å²) in [4.78, 5) is 12.4. The van der Waals surface area contributed by atoms with E-state index in [-0.39, 0.29) is 11.4 Å². The molecule has 118 valence electrons. The number of rotatable bonds is 7. The van der Waals surface area contributed by atoms with Gasteiger partial charge in [-0.1, -0.05) is 13.8 Å². The molecule has 0 bridgehead atoms. The van der Waals surface area contributed by atoms with Gasteiger partial charge in [-0.15, -0.1) is 0 Å². The van der Waals surface area contributed by atoms with Gasteiger partial charge in [0.15, 0.2) is 0 Å². The molecular weight excluding hydrogens is 281 g/mol. The number of aryl methyl sites for hydroxylation is 1. The van der Waals surface area contributed by atoms with E-state index < -0.39 is 0 Å². The highest BCUT2D eigenvalue weighted by Crippen LogP contribution is 2.17. The lowest BCUT2D eigenvalue weighted by molar-refractivity contribution is 0.557. The maximum atomic E-state index is 13.1. The molecule has 1 N–H and O–H groups in total. The molecule has 1 heterocycles. The maximum Gasteiger partial charge on any atom is 0.271 e. The van der Waals surface area contributed by atoms with E-state index in [0.717, 1.165) is 24.9 Å². The molecule has 5 heteroatoms. The third-order valence-electron chi connectivity index (χ3n) is 3.37. The van der Waals surface area contributed by atoms with Crippen LogP contribution in [0.3, 0.4) is 0 Å². The summed E-state index contributed by atoms with van der Waals surface area (Å²) in [5.74, 6) is -0.282. The molecule has 0 atom stereocenters. The van der Waals surface area contributed by atoms with Gasteiger partial charge in [-0.2, -0.15) is 5.10 Å². The van der Waals surface area contributed by atoms with Crippen molar-refractivity contribution in [3.8, 4) is 11.3 Å². The second-order valence-electron chi connectivity index (χ2n) is 5.27. The molecule has 0 aliphatic rings. The Hall–Kier alpha value is -2.01. The monoisotopic (exact) mass is 303 g/mol. The highest BCUT2D eigenvalue weighted by molar-refractivity contribution is 5.58. The molecule has 0 aliphatic carbocycles. The fraction of sp³-hybridized carbons (Fsp3) is 0.412. The van der Waals surface area contributed by atoms with Crippen molar-refractivity contribution in [3.05, 3.63) is 52.1 Å². The highest BCUT2D eigenvalue weighted by Gasteiger charge is 2.09. The standard InChI is InChI=1S/C17H22FN3O/c1-3-9-19-12-14-11-16(13-5-7-15(18)8-6-13)20-21(10-4-2)17(14)22/h5-8,11,19H,3-4,9-10,12H2,1-2H3. The Kier molecular flexibility index (Phi) is 5.83. The normalized spacial score (nSPS) is 10.9. The van der Waals surface area contributed by atoms with Crippen molar-refractivity contribution in [2.75, 3.05) is 6.54 Å². The van der Waals surface area contributed by atoms with Gasteiger partial charge in [0.25, 0.3) is 5.56 Å². The summed E-state index contributed by atoms with van der Waals surface area (Å²) in [5.41, 5.74) is 2.14. The molecule has 4 nitrogen and oxygen atoms in total. The van der Waals surface area contributed by atoms with E-state index in [0.29, 0.717) is 24.3 Å². The van der Waals surface area contributed by atoms with Crippen LogP contribution in [0.2, 0.25) is 0 Å². The second kappa shape index (κ2) is 7.84. The summed E-state index contributed by atoms with van der Waals surface area (Å²) in [5, 5.41) is 7.65. The van der Waals surface area contributed by atoms with E-state index >= 15 is 0 Å². The summed E-state index contributed by atoms with van der Waals surface area (Å²) in [6.07, 6.45) is 1.85. The number of hydrogen-bond acceptors (Lipinski definition) is 3. The van der Waals surface area contributed by atoms with E-state index in [9.17, 15) is 9.18 Å². The van der Waals surface area contributed by atoms with Gasteiger partial charge in [0.2, 0.25) is 0 Å². The Morgan fingerprint density at radius 3 is 2.55 bits per heavy atom. The Morgan fingerprint density at radius 2 is 1.91 bits per heavy atom. The van der Waals surface area contributed by atoms with Crippen LogP contribution in [0.1, 0.15) is 32.3 Å². The Morgan fingerprint density at radius 1 is 1.18 bits per heavy atom. The molecule has 0 unspecified atom stereocenters. The van der Waals surface area contributed by atoms with Gasteiger partial charge in [-0.25, -0.2) is 9.07 Å². The molecule has 0 spiro atoms. The number of hydrogen-bond donors (Lipinski definition) is 1. The van der Waals surface area contributed by atoms with Crippen LogP contribution < -0.4 is 10.9 Å².